The van der Waals surface area contributed by atoms with Gasteiger partial charge in [-0.15, -0.1) is 0 Å². The largest absolute Gasteiger partial charge is 0.504 e. The fraction of sp³-hybridized carbons (Fsp3) is 0.143. The highest BCUT2D eigenvalue weighted by Crippen LogP contribution is 2.33. The Bertz CT molecular complexity index is 275. The molecule has 0 heterocycles. The third-order valence-electron chi connectivity index (χ3n) is 1.41. The van der Waals surface area contributed by atoms with Crippen molar-refractivity contribution in [2.75, 3.05) is 0 Å². The van der Waals surface area contributed by atoms with E-state index in [0.29, 0.717) is 10.6 Å². The second-order valence-corrected chi connectivity index (χ2v) is 2.50. The lowest BCUT2D eigenvalue weighted by Gasteiger charge is -2.04. The van der Waals surface area contributed by atoms with E-state index >= 15 is 0 Å². The first kappa shape index (κ1) is 8.17. The molecule has 11 heavy (non-hydrogen) atoms. The zero-order valence-electron chi connectivity index (χ0n) is 5.71. The zero-order chi connectivity index (χ0) is 8.43. The fourth-order valence-corrected chi connectivity index (χ4v) is 1.02. The van der Waals surface area contributed by atoms with Gasteiger partial charge in [-0.05, 0) is 12.1 Å². The Labute approximate surface area is 69.0 Å². The molecule has 4 N–H and O–H groups in total. The molecule has 1 aromatic rings. The molecule has 4 heteroatoms. The lowest BCUT2D eigenvalue weighted by molar-refractivity contribution is 0.399. The number of aromatic hydroxyl groups is 2. The van der Waals surface area contributed by atoms with E-state index in [0.717, 1.165) is 0 Å². The SMILES string of the molecule is NCc1c(Cl)ccc(O)c1O. The standard InChI is InChI=1S/C7H8ClNO2/c8-5-1-2-6(10)7(11)4(5)3-9/h1-2,10-11H,3,9H2. The van der Waals surface area contributed by atoms with E-state index in [9.17, 15) is 0 Å². The first-order chi connectivity index (χ1) is 5.16. The molecule has 0 amide bonds. The second-order valence-electron chi connectivity index (χ2n) is 2.10. The quantitative estimate of drug-likeness (QED) is 0.560. The molecule has 0 aliphatic heterocycles. The van der Waals surface area contributed by atoms with Crippen LogP contribution in [-0.2, 0) is 6.54 Å². The molecule has 0 unspecified atom stereocenters. The number of phenolic OH excluding ortho intramolecular Hbond substituents is 2. The Morgan fingerprint density at radius 3 is 2.45 bits per heavy atom. The van der Waals surface area contributed by atoms with Crippen LogP contribution >= 0.6 is 11.6 Å². The Kier molecular flexibility index (Phi) is 2.22. The van der Waals surface area contributed by atoms with E-state index in [1.165, 1.54) is 12.1 Å². The van der Waals surface area contributed by atoms with Crippen LogP contribution in [0.2, 0.25) is 5.02 Å². The van der Waals surface area contributed by atoms with Crippen molar-refractivity contribution >= 4 is 11.6 Å². The first-order valence-electron chi connectivity index (χ1n) is 3.06. The van der Waals surface area contributed by atoms with Crippen LogP contribution in [0.15, 0.2) is 12.1 Å². The van der Waals surface area contributed by atoms with Gasteiger partial charge in [0.05, 0.1) is 0 Å². The zero-order valence-corrected chi connectivity index (χ0v) is 6.47. The van der Waals surface area contributed by atoms with E-state index in [1.54, 1.807) is 0 Å². The first-order valence-corrected chi connectivity index (χ1v) is 3.44. The predicted octanol–water partition coefficient (Wildman–Crippen LogP) is 1.21. The number of rotatable bonds is 1. The van der Waals surface area contributed by atoms with Gasteiger partial charge in [-0.2, -0.15) is 0 Å². The molecule has 0 aliphatic rings. The Hall–Kier alpha value is -0.930. The highest BCUT2D eigenvalue weighted by atomic mass is 35.5. The average Bonchev–Trinajstić information content (AvgIpc) is 1.99. The highest BCUT2D eigenvalue weighted by molar-refractivity contribution is 6.31. The molecule has 1 rings (SSSR count). The molecule has 0 fully saturated rings. The Morgan fingerprint density at radius 2 is 2.00 bits per heavy atom. The molecule has 0 radical (unpaired) electrons. The number of benzene rings is 1. The van der Waals surface area contributed by atoms with Crippen molar-refractivity contribution < 1.29 is 10.2 Å². The van der Waals surface area contributed by atoms with E-state index in [4.69, 9.17) is 27.5 Å². The highest BCUT2D eigenvalue weighted by Gasteiger charge is 2.08. The summed E-state index contributed by atoms with van der Waals surface area (Å²) in [6.07, 6.45) is 0. The van der Waals surface area contributed by atoms with E-state index < -0.39 is 0 Å². The minimum absolute atomic E-state index is 0.110. The van der Waals surface area contributed by atoms with Crippen LogP contribution < -0.4 is 5.73 Å². The molecular formula is C7H8ClNO2. The molecule has 0 saturated carbocycles. The van der Waals surface area contributed by atoms with Crippen LogP contribution in [0.5, 0.6) is 11.5 Å². The van der Waals surface area contributed by atoms with Gasteiger partial charge < -0.3 is 15.9 Å². The van der Waals surface area contributed by atoms with Gasteiger partial charge in [0.15, 0.2) is 11.5 Å². The van der Waals surface area contributed by atoms with Crippen LogP contribution in [0.4, 0.5) is 0 Å². The third kappa shape index (κ3) is 1.39. The van der Waals surface area contributed by atoms with Crippen molar-refractivity contribution in [2.24, 2.45) is 5.73 Å². The maximum Gasteiger partial charge on any atom is 0.163 e. The summed E-state index contributed by atoms with van der Waals surface area (Å²) >= 11 is 5.65. The summed E-state index contributed by atoms with van der Waals surface area (Å²) in [5.74, 6) is -0.435. The van der Waals surface area contributed by atoms with Crippen LogP contribution in [0.1, 0.15) is 5.56 Å². The molecule has 60 valence electrons. The normalized spacial score (nSPS) is 10.0. The van der Waals surface area contributed by atoms with Gasteiger partial charge in [0.2, 0.25) is 0 Å². The fourth-order valence-electron chi connectivity index (χ4n) is 0.794. The van der Waals surface area contributed by atoms with Gasteiger partial charge in [-0.3, -0.25) is 0 Å². The summed E-state index contributed by atoms with van der Waals surface area (Å²) < 4.78 is 0. The van der Waals surface area contributed by atoms with Gasteiger partial charge in [0.1, 0.15) is 0 Å². The number of hydrogen-bond acceptors (Lipinski definition) is 3. The molecule has 3 nitrogen and oxygen atoms in total. The smallest absolute Gasteiger partial charge is 0.163 e. The molecule has 0 aliphatic carbocycles. The summed E-state index contributed by atoms with van der Waals surface area (Å²) in [5.41, 5.74) is 5.63. The minimum Gasteiger partial charge on any atom is -0.504 e. The maximum absolute atomic E-state index is 9.16. The predicted molar refractivity (Wildman–Crippen MR) is 42.7 cm³/mol. The van der Waals surface area contributed by atoms with Gasteiger partial charge in [0, 0.05) is 17.1 Å². The van der Waals surface area contributed by atoms with Crippen molar-refractivity contribution in [1.29, 1.82) is 0 Å². The van der Waals surface area contributed by atoms with Gasteiger partial charge in [0.25, 0.3) is 0 Å². The van der Waals surface area contributed by atoms with Crippen molar-refractivity contribution in [3.05, 3.63) is 22.7 Å². The van der Waals surface area contributed by atoms with Crippen LogP contribution in [-0.4, -0.2) is 10.2 Å². The summed E-state index contributed by atoms with van der Waals surface area (Å²) in [6.45, 7) is 0.110. The van der Waals surface area contributed by atoms with Crippen molar-refractivity contribution in [1.82, 2.24) is 0 Å². The number of hydrogen-bond donors (Lipinski definition) is 3. The van der Waals surface area contributed by atoms with Crippen molar-refractivity contribution in [2.45, 2.75) is 6.54 Å². The van der Waals surface area contributed by atoms with Gasteiger partial charge >= 0.3 is 0 Å². The Balaban J connectivity index is 3.29. The van der Waals surface area contributed by atoms with Crippen molar-refractivity contribution in [3.63, 3.8) is 0 Å². The summed E-state index contributed by atoms with van der Waals surface area (Å²) in [5, 5.41) is 18.5. The number of nitrogens with two attached hydrogens (primary N) is 1. The average molecular weight is 174 g/mol. The molecule has 1 aromatic carbocycles. The minimum atomic E-state index is -0.236. The third-order valence-corrected chi connectivity index (χ3v) is 1.76. The van der Waals surface area contributed by atoms with Crippen LogP contribution in [0.3, 0.4) is 0 Å². The van der Waals surface area contributed by atoms with E-state index in [1.807, 2.05) is 0 Å². The summed E-state index contributed by atoms with van der Waals surface area (Å²) in [4.78, 5) is 0. The molecule has 0 bridgehead atoms. The maximum atomic E-state index is 9.16. The lowest BCUT2D eigenvalue weighted by atomic mass is 10.2. The lowest BCUT2D eigenvalue weighted by Crippen LogP contribution is -1.97. The van der Waals surface area contributed by atoms with Crippen LogP contribution in [0, 0.1) is 0 Å². The summed E-state index contributed by atoms with van der Waals surface area (Å²) in [7, 11) is 0. The molecule has 0 spiro atoms. The van der Waals surface area contributed by atoms with E-state index in [2.05, 4.69) is 0 Å². The molecule has 0 aromatic heterocycles. The van der Waals surface area contributed by atoms with Crippen molar-refractivity contribution in [3.8, 4) is 11.5 Å². The number of halogens is 1. The molecule has 0 saturated heterocycles. The second kappa shape index (κ2) is 2.98. The molecular weight excluding hydrogens is 166 g/mol. The van der Waals surface area contributed by atoms with Crippen LogP contribution in [0.25, 0.3) is 0 Å². The Morgan fingerprint density at radius 1 is 1.36 bits per heavy atom. The monoisotopic (exact) mass is 173 g/mol. The molecule has 0 atom stereocenters. The van der Waals surface area contributed by atoms with Gasteiger partial charge in [-0.1, -0.05) is 11.6 Å². The summed E-state index contributed by atoms with van der Waals surface area (Å²) in [6, 6.07) is 2.80. The van der Waals surface area contributed by atoms with Gasteiger partial charge in [-0.25, -0.2) is 0 Å². The van der Waals surface area contributed by atoms with E-state index in [-0.39, 0.29) is 18.0 Å². The topological polar surface area (TPSA) is 66.5 Å². The number of phenols is 2.